The van der Waals surface area contributed by atoms with Crippen LogP contribution in [0.25, 0.3) is 0 Å². The van der Waals surface area contributed by atoms with Gasteiger partial charge < -0.3 is 10.1 Å². The number of fused-ring (bicyclic) bond motifs is 1. The summed E-state index contributed by atoms with van der Waals surface area (Å²) in [6.45, 7) is 8.84. The van der Waals surface area contributed by atoms with E-state index in [1.807, 2.05) is 0 Å². The molecule has 0 saturated heterocycles. The lowest BCUT2D eigenvalue weighted by atomic mass is 9.72. The van der Waals surface area contributed by atoms with Gasteiger partial charge in [-0.15, -0.1) is 22.9 Å². The van der Waals surface area contributed by atoms with E-state index in [9.17, 15) is 9.59 Å². The number of ether oxygens (including phenoxy) is 1. The van der Waals surface area contributed by atoms with Crippen molar-refractivity contribution in [3.63, 3.8) is 0 Å². The van der Waals surface area contributed by atoms with Crippen LogP contribution in [0.3, 0.4) is 0 Å². The normalized spacial score (nSPS) is 17.5. The van der Waals surface area contributed by atoms with Gasteiger partial charge in [0.05, 0.1) is 12.2 Å². The summed E-state index contributed by atoms with van der Waals surface area (Å²) in [6.07, 6.45) is 2.83. The number of thiophene rings is 1. The third-order valence-electron chi connectivity index (χ3n) is 4.34. The quantitative estimate of drug-likeness (QED) is 0.647. The second-order valence-electron chi connectivity index (χ2n) is 6.92. The first-order valence-corrected chi connectivity index (χ1v) is 9.30. The zero-order valence-electron chi connectivity index (χ0n) is 14.1. The maximum atomic E-state index is 12.3. The lowest BCUT2D eigenvalue weighted by Gasteiger charge is -2.33. The largest absolute Gasteiger partial charge is 0.462 e. The number of halogens is 1. The van der Waals surface area contributed by atoms with Gasteiger partial charge in [0.1, 0.15) is 10.9 Å². The van der Waals surface area contributed by atoms with Crippen molar-refractivity contribution in [2.75, 3.05) is 17.8 Å². The molecule has 1 atom stereocenters. The summed E-state index contributed by atoms with van der Waals surface area (Å²) in [5, 5.41) is 3.33. The number of esters is 1. The summed E-state index contributed by atoms with van der Waals surface area (Å²) >= 11 is 7.07. The fourth-order valence-corrected chi connectivity index (χ4v) is 4.39. The number of rotatable bonds is 4. The van der Waals surface area contributed by atoms with E-state index in [4.69, 9.17) is 16.3 Å². The Morgan fingerprint density at radius 1 is 1.39 bits per heavy atom. The van der Waals surface area contributed by atoms with Gasteiger partial charge in [0.2, 0.25) is 5.91 Å². The van der Waals surface area contributed by atoms with Crippen LogP contribution in [0.15, 0.2) is 0 Å². The van der Waals surface area contributed by atoms with E-state index in [-0.39, 0.29) is 23.2 Å². The Kier molecular flexibility index (Phi) is 5.74. The fourth-order valence-electron chi connectivity index (χ4n) is 2.99. The molecule has 0 fully saturated rings. The van der Waals surface area contributed by atoms with Crippen molar-refractivity contribution in [2.45, 2.75) is 47.0 Å². The summed E-state index contributed by atoms with van der Waals surface area (Å²) < 4.78 is 5.19. The molecular formula is C17H24ClNO3S. The van der Waals surface area contributed by atoms with Gasteiger partial charge in [0.25, 0.3) is 0 Å². The number of amides is 1. The first kappa shape index (κ1) is 18.3. The molecule has 0 unspecified atom stereocenters. The summed E-state index contributed by atoms with van der Waals surface area (Å²) in [4.78, 5) is 25.2. The molecule has 23 heavy (non-hydrogen) atoms. The zero-order valence-corrected chi connectivity index (χ0v) is 15.7. The highest BCUT2D eigenvalue weighted by Crippen LogP contribution is 2.44. The molecule has 0 spiro atoms. The predicted molar refractivity (Wildman–Crippen MR) is 94.6 cm³/mol. The van der Waals surface area contributed by atoms with Crippen molar-refractivity contribution >= 4 is 39.8 Å². The van der Waals surface area contributed by atoms with Crippen LogP contribution in [0.1, 0.15) is 54.9 Å². The Hall–Kier alpha value is -1.07. The van der Waals surface area contributed by atoms with Gasteiger partial charge in [-0.05, 0) is 43.1 Å². The first-order valence-electron chi connectivity index (χ1n) is 7.95. The highest BCUT2D eigenvalue weighted by Gasteiger charge is 2.34. The molecule has 0 aromatic carbocycles. The lowest BCUT2D eigenvalue weighted by molar-refractivity contribution is -0.113. The maximum Gasteiger partial charge on any atom is 0.341 e. The molecule has 1 aliphatic rings. The van der Waals surface area contributed by atoms with Crippen LogP contribution in [-0.2, 0) is 22.4 Å². The van der Waals surface area contributed by atoms with Crippen molar-refractivity contribution in [3.8, 4) is 0 Å². The van der Waals surface area contributed by atoms with Crippen LogP contribution < -0.4 is 5.32 Å². The van der Waals surface area contributed by atoms with Gasteiger partial charge >= 0.3 is 5.97 Å². The van der Waals surface area contributed by atoms with Crippen LogP contribution in [0.5, 0.6) is 0 Å². The van der Waals surface area contributed by atoms with Crippen LogP contribution in [0, 0.1) is 11.3 Å². The third kappa shape index (κ3) is 4.07. The number of hydrogen-bond donors (Lipinski definition) is 1. The fraction of sp³-hybridized carbons (Fsp3) is 0.647. The Labute approximate surface area is 146 Å². The Morgan fingerprint density at radius 3 is 2.65 bits per heavy atom. The van der Waals surface area contributed by atoms with Gasteiger partial charge in [-0.2, -0.15) is 0 Å². The van der Waals surface area contributed by atoms with E-state index in [0.717, 1.165) is 24.8 Å². The number of carbonyl (C=O) groups is 2. The molecule has 128 valence electrons. The molecule has 1 heterocycles. The molecule has 0 bridgehead atoms. The molecule has 1 N–H and O–H groups in total. The predicted octanol–water partition coefficient (Wildman–Crippen LogP) is 4.25. The molecular weight excluding hydrogens is 334 g/mol. The minimum absolute atomic E-state index is 0.130. The summed E-state index contributed by atoms with van der Waals surface area (Å²) in [5.74, 6) is -0.220. The number of anilines is 1. The van der Waals surface area contributed by atoms with Gasteiger partial charge in [-0.25, -0.2) is 4.79 Å². The molecule has 4 nitrogen and oxygen atoms in total. The highest BCUT2D eigenvalue weighted by molar-refractivity contribution is 7.17. The Balaban J connectivity index is 2.38. The van der Waals surface area contributed by atoms with Gasteiger partial charge in [-0.1, -0.05) is 20.8 Å². The SMILES string of the molecule is CCOC(=O)c1c(NC(=O)CCl)sc2c1CC[C@@H](C(C)(C)C)C2. The standard InChI is InChI=1S/C17H24ClNO3S/c1-5-22-16(21)14-11-7-6-10(17(2,3)4)8-12(11)23-15(14)19-13(20)9-18/h10H,5-9H2,1-4H3,(H,19,20)/t10-/m1/s1. The van der Waals surface area contributed by atoms with Gasteiger partial charge in [0.15, 0.2) is 0 Å². The van der Waals surface area contributed by atoms with E-state index in [1.165, 1.54) is 16.2 Å². The monoisotopic (exact) mass is 357 g/mol. The Bertz CT molecular complexity index is 604. The van der Waals surface area contributed by atoms with Crippen LogP contribution in [0.2, 0.25) is 0 Å². The topological polar surface area (TPSA) is 55.4 Å². The number of carbonyl (C=O) groups excluding carboxylic acids is 2. The molecule has 0 aliphatic heterocycles. The second kappa shape index (κ2) is 7.22. The van der Waals surface area contributed by atoms with E-state index in [2.05, 4.69) is 26.1 Å². The van der Waals surface area contributed by atoms with E-state index in [0.29, 0.717) is 23.1 Å². The smallest absolute Gasteiger partial charge is 0.341 e. The third-order valence-corrected chi connectivity index (χ3v) is 5.76. The van der Waals surface area contributed by atoms with Crippen molar-refractivity contribution in [2.24, 2.45) is 11.3 Å². The van der Waals surface area contributed by atoms with Crippen molar-refractivity contribution in [3.05, 3.63) is 16.0 Å². The van der Waals surface area contributed by atoms with Gasteiger partial charge in [-0.3, -0.25) is 4.79 Å². The number of alkyl halides is 1. The minimum Gasteiger partial charge on any atom is -0.462 e. The maximum absolute atomic E-state index is 12.3. The highest BCUT2D eigenvalue weighted by atomic mass is 35.5. The van der Waals surface area contributed by atoms with Crippen LogP contribution >= 0.6 is 22.9 Å². The van der Waals surface area contributed by atoms with Crippen LogP contribution in [-0.4, -0.2) is 24.4 Å². The van der Waals surface area contributed by atoms with E-state index < -0.39 is 0 Å². The van der Waals surface area contributed by atoms with Crippen LogP contribution in [0.4, 0.5) is 5.00 Å². The molecule has 1 amide bonds. The number of hydrogen-bond acceptors (Lipinski definition) is 4. The lowest BCUT2D eigenvalue weighted by Crippen LogP contribution is -2.26. The second-order valence-corrected chi connectivity index (χ2v) is 8.29. The molecule has 1 aliphatic carbocycles. The molecule has 0 radical (unpaired) electrons. The van der Waals surface area contributed by atoms with Gasteiger partial charge in [0, 0.05) is 4.88 Å². The molecule has 6 heteroatoms. The van der Waals surface area contributed by atoms with Crippen molar-refractivity contribution in [1.29, 1.82) is 0 Å². The molecule has 2 rings (SSSR count). The number of nitrogens with one attached hydrogen (secondary N) is 1. The zero-order chi connectivity index (χ0) is 17.2. The van der Waals surface area contributed by atoms with E-state index >= 15 is 0 Å². The minimum atomic E-state index is -0.357. The molecule has 1 aromatic rings. The molecule has 1 aromatic heterocycles. The van der Waals surface area contributed by atoms with Crippen molar-refractivity contribution < 1.29 is 14.3 Å². The molecule has 0 saturated carbocycles. The first-order chi connectivity index (χ1) is 10.8. The summed E-state index contributed by atoms with van der Waals surface area (Å²) in [6, 6.07) is 0. The Morgan fingerprint density at radius 2 is 2.09 bits per heavy atom. The van der Waals surface area contributed by atoms with Crippen molar-refractivity contribution in [1.82, 2.24) is 0 Å². The average Bonchev–Trinajstić information content (AvgIpc) is 2.83. The average molecular weight is 358 g/mol. The van der Waals surface area contributed by atoms with E-state index in [1.54, 1.807) is 6.92 Å². The summed E-state index contributed by atoms with van der Waals surface area (Å²) in [5.41, 5.74) is 1.79. The summed E-state index contributed by atoms with van der Waals surface area (Å²) in [7, 11) is 0.